The van der Waals surface area contributed by atoms with Crippen molar-refractivity contribution in [1.29, 1.82) is 0 Å². The molecule has 0 spiro atoms. The number of benzene rings is 4. The maximum absolute atomic E-state index is 12.8. The van der Waals surface area contributed by atoms with E-state index in [1.165, 1.54) is 6.92 Å². The van der Waals surface area contributed by atoms with Crippen LogP contribution in [0.3, 0.4) is 0 Å². The first-order chi connectivity index (χ1) is 13.9. The third kappa shape index (κ3) is 3.99. The highest BCUT2D eigenvalue weighted by Crippen LogP contribution is 2.23. The van der Waals surface area contributed by atoms with E-state index in [4.69, 9.17) is 0 Å². The fraction of sp³-hybridized carbons (Fsp3) is 0.0870. The first-order valence-electron chi connectivity index (χ1n) is 9.24. The zero-order valence-corrected chi connectivity index (χ0v) is 16.6. The van der Waals surface area contributed by atoms with Crippen molar-refractivity contribution in [2.24, 2.45) is 0 Å². The molecule has 4 aromatic carbocycles. The van der Waals surface area contributed by atoms with Gasteiger partial charge in [0.15, 0.2) is 0 Å². The molecule has 0 saturated carbocycles. The number of carbonyl (C=O) groups excluding carboxylic acids is 1. The van der Waals surface area contributed by atoms with Gasteiger partial charge in [0, 0.05) is 11.1 Å². The Balaban J connectivity index is 1.54. The Morgan fingerprint density at radius 3 is 2.24 bits per heavy atom. The molecular weight excluding hydrogens is 384 g/mol. The van der Waals surface area contributed by atoms with Crippen molar-refractivity contribution in [3.63, 3.8) is 0 Å². The van der Waals surface area contributed by atoms with Crippen LogP contribution in [0.15, 0.2) is 89.8 Å². The molecule has 0 fully saturated rings. The van der Waals surface area contributed by atoms with E-state index in [9.17, 15) is 13.2 Å². The second kappa shape index (κ2) is 7.66. The summed E-state index contributed by atoms with van der Waals surface area (Å²) in [4.78, 5) is 12.8. The highest BCUT2D eigenvalue weighted by Gasteiger charge is 2.22. The Hall–Kier alpha value is -3.22. The predicted octanol–water partition coefficient (Wildman–Crippen LogP) is 4.30. The number of hydrogen-bond donors (Lipinski definition) is 2. The van der Waals surface area contributed by atoms with Gasteiger partial charge in [-0.1, -0.05) is 66.7 Å². The van der Waals surface area contributed by atoms with Gasteiger partial charge in [-0.3, -0.25) is 4.79 Å². The monoisotopic (exact) mass is 404 g/mol. The molecule has 29 heavy (non-hydrogen) atoms. The Labute approximate surface area is 169 Å². The van der Waals surface area contributed by atoms with Crippen LogP contribution in [0.5, 0.6) is 0 Å². The fourth-order valence-electron chi connectivity index (χ4n) is 3.26. The summed E-state index contributed by atoms with van der Waals surface area (Å²) in [5, 5.41) is 6.49. The molecule has 146 valence electrons. The Kier molecular flexibility index (Phi) is 5.05. The van der Waals surface area contributed by atoms with Crippen molar-refractivity contribution in [2.75, 3.05) is 5.32 Å². The molecule has 0 heterocycles. The van der Waals surface area contributed by atoms with E-state index in [1.807, 2.05) is 60.7 Å². The third-order valence-corrected chi connectivity index (χ3v) is 6.34. The fourth-order valence-corrected chi connectivity index (χ4v) is 4.50. The molecule has 0 saturated heterocycles. The van der Waals surface area contributed by atoms with E-state index >= 15 is 0 Å². The van der Waals surface area contributed by atoms with E-state index in [0.717, 1.165) is 21.5 Å². The van der Waals surface area contributed by atoms with Crippen LogP contribution in [0.1, 0.15) is 6.92 Å². The second-order valence-corrected chi connectivity index (χ2v) is 8.58. The lowest BCUT2D eigenvalue weighted by atomic mass is 10.1. The van der Waals surface area contributed by atoms with E-state index in [2.05, 4.69) is 10.0 Å². The van der Waals surface area contributed by atoms with Gasteiger partial charge >= 0.3 is 0 Å². The summed E-state index contributed by atoms with van der Waals surface area (Å²) in [6.45, 7) is 1.53. The molecule has 0 aliphatic heterocycles. The topological polar surface area (TPSA) is 75.3 Å². The van der Waals surface area contributed by atoms with Crippen LogP contribution < -0.4 is 10.0 Å². The van der Waals surface area contributed by atoms with E-state index in [1.54, 1.807) is 24.3 Å². The van der Waals surface area contributed by atoms with Gasteiger partial charge in [-0.2, -0.15) is 4.72 Å². The number of nitrogens with one attached hydrogen (secondary N) is 2. The van der Waals surface area contributed by atoms with E-state index in [-0.39, 0.29) is 4.90 Å². The summed E-state index contributed by atoms with van der Waals surface area (Å²) in [6.07, 6.45) is 0. The van der Waals surface area contributed by atoms with Gasteiger partial charge in [-0.05, 0) is 41.3 Å². The van der Waals surface area contributed by atoms with Gasteiger partial charge in [0.25, 0.3) is 0 Å². The number of anilines is 1. The number of fused-ring (bicyclic) bond motifs is 2. The summed E-state index contributed by atoms with van der Waals surface area (Å²) in [7, 11) is -3.84. The normalized spacial score (nSPS) is 12.7. The van der Waals surface area contributed by atoms with Crippen molar-refractivity contribution >= 4 is 43.2 Å². The molecule has 4 aromatic rings. The second-order valence-electron chi connectivity index (χ2n) is 6.87. The van der Waals surface area contributed by atoms with Crippen molar-refractivity contribution in [1.82, 2.24) is 4.72 Å². The van der Waals surface area contributed by atoms with Crippen molar-refractivity contribution in [2.45, 2.75) is 17.9 Å². The van der Waals surface area contributed by atoms with Gasteiger partial charge in [0.05, 0.1) is 10.9 Å². The van der Waals surface area contributed by atoms with Crippen LogP contribution in [0.4, 0.5) is 5.69 Å². The average Bonchev–Trinajstić information content (AvgIpc) is 2.73. The van der Waals surface area contributed by atoms with E-state index in [0.29, 0.717) is 5.69 Å². The highest BCUT2D eigenvalue weighted by atomic mass is 32.2. The molecule has 1 atom stereocenters. The number of carbonyl (C=O) groups is 1. The number of rotatable bonds is 5. The molecule has 0 aromatic heterocycles. The number of hydrogen-bond acceptors (Lipinski definition) is 3. The molecule has 2 N–H and O–H groups in total. The average molecular weight is 404 g/mol. The Morgan fingerprint density at radius 2 is 1.45 bits per heavy atom. The SMILES string of the molecule is C[C@@H](NS(=O)(=O)c1ccc2ccccc2c1)C(=O)Nc1cccc2ccccc12. The molecule has 0 bridgehead atoms. The smallest absolute Gasteiger partial charge is 0.242 e. The zero-order chi connectivity index (χ0) is 20.4. The molecule has 1 amide bonds. The minimum Gasteiger partial charge on any atom is -0.324 e. The molecule has 0 aliphatic carbocycles. The number of sulfonamides is 1. The summed E-state index contributed by atoms with van der Waals surface area (Å²) in [5.74, 6) is -0.425. The van der Waals surface area contributed by atoms with Gasteiger partial charge in [-0.15, -0.1) is 0 Å². The summed E-state index contributed by atoms with van der Waals surface area (Å²) in [6, 6.07) is 24.8. The maximum Gasteiger partial charge on any atom is 0.242 e. The lowest BCUT2D eigenvalue weighted by molar-refractivity contribution is -0.117. The van der Waals surface area contributed by atoms with Gasteiger partial charge in [-0.25, -0.2) is 8.42 Å². The standard InChI is InChI=1S/C23H20N2O3S/c1-16(23(26)24-22-12-6-10-18-8-4-5-11-21(18)22)25-29(27,28)20-14-13-17-7-2-3-9-19(17)15-20/h2-16,25H,1H3,(H,24,26)/t16-/m1/s1. The van der Waals surface area contributed by atoms with E-state index < -0.39 is 22.0 Å². The van der Waals surface area contributed by atoms with Gasteiger partial charge in [0.2, 0.25) is 15.9 Å². The van der Waals surface area contributed by atoms with Crippen LogP contribution in [0, 0.1) is 0 Å². The van der Waals surface area contributed by atoms with Gasteiger partial charge < -0.3 is 5.32 Å². The lowest BCUT2D eigenvalue weighted by Crippen LogP contribution is -2.41. The van der Waals surface area contributed by atoms with Crippen LogP contribution in [0.25, 0.3) is 21.5 Å². The Bertz CT molecular complexity index is 1310. The third-order valence-electron chi connectivity index (χ3n) is 4.80. The quantitative estimate of drug-likeness (QED) is 0.521. The highest BCUT2D eigenvalue weighted by molar-refractivity contribution is 7.89. The lowest BCUT2D eigenvalue weighted by Gasteiger charge is -2.16. The predicted molar refractivity (Wildman–Crippen MR) is 116 cm³/mol. The van der Waals surface area contributed by atoms with Crippen LogP contribution in [0.2, 0.25) is 0 Å². The molecule has 0 aliphatic rings. The zero-order valence-electron chi connectivity index (χ0n) is 15.8. The first-order valence-corrected chi connectivity index (χ1v) is 10.7. The molecule has 0 radical (unpaired) electrons. The number of amides is 1. The Morgan fingerprint density at radius 1 is 0.793 bits per heavy atom. The molecule has 6 heteroatoms. The first kappa shape index (κ1) is 19.1. The van der Waals surface area contributed by atoms with Gasteiger partial charge in [0.1, 0.15) is 0 Å². The summed E-state index contributed by atoms with van der Waals surface area (Å²) in [5.41, 5.74) is 0.643. The minimum absolute atomic E-state index is 0.126. The maximum atomic E-state index is 12.8. The van der Waals surface area contributed by atoms with Crippen LogP contribution in [-0.4, -0.2) is 20.4 Å². The minimum atomic E-state index is -3.84. The molecular formula is C23H20N2O3S. The molecule has 5 nitrogen and oxygen atoms in total. The van der Waals surface area contributed by atoms with Crippen molar-refractivity contribution in [3.8, 4) is 0 Å². The van der Waals surface area contributed by atoms with Crippen molar-refractivity contribution < 1.29 is 13.2 Å². The summed E-state index contributed by atoms with van der Waals surface area (Å²) < 4.78 is 28.0. The summed E-state index contributed by atoms with van der Waals surface area (Å²) >= 11 is 0. The van der Waals surface area contributed by atoms with Crippen molar-refractivity contribution in [3.05, 3.63) is 84.9 Å². The van der Waals surface area contributed by atoms with Crippen LogP contribution in [-0.2, 0) is 14.8 Å². The largest absolute Gasteiger partial charge is 0.324 e. The molecule has 0 unspecified atom stereocenters. The van der Waals surface area contributed by atoms with Crippen LogP contribution >= 0.6 is 0 Å². The molecule has 4 rings (SSSR count).